The van der Waals surface area contributed by atoms with Crippen LogP contribution in [0, 0.1) is 0 Å². The quantitative estimate of drug-likeness (QED) is 0.837. The summed E-state index contributed by atoms with van der Waals surface area (Å²) in [5, 5.41) is 0.301. The average molecular weight is 290 g/mol. The van der Waals surface area contributed by atoms with Crippen LogP contribution in [0.4, 0.5) is 11.4 Å². The highest BCUT2D eigenvalue weighted by atomic mass is 35.5. The van der Waals surface area contributed by atoms with Crippen LogP contribution in [0.3, 0.4) is 0 Å². The van der Waals surface area contributed by atoms with E-state index in [1.807, 2.05) is 0 Å². The first-order chi connectivity index (χ1) is 8.50. The zero-order valence-electron chi connectivity index (χ0n) is 9.89. The first-order valence-corrected chi connectivity index (χ1v) is 7.64. The molecule has 1 heterocycles. The van der Waals surface area contributed by atoms with Crippen LogP contribution < -0.4 is 10.5 Å². The molecule has 0 aliphatic carbocycles. The van der Waals surface area contributed by atoms with Gasteiger partial charge in [0.15, 0.2) is 0 Å². The van der Waals surface area contributed by atoms with E-state index in [1.165, 1.54) is 4.31 Å². The van der Waals surface area contributed by atoms with E-state index in [2.05, 4.69) is 4.72 Å². The molecule has 1 saturated heterocycles. The van der Waals surface area contributed by atoms with Crippen molar-refractivity contribution in [1.29, 1.82) is 0 Å². The Kier molecular flexibility index (Phi) is 3.99. The second-order valence-corrected chi connectivity index (χ2v) is 6.35. The van der Waals surface area contributed by atoms with E-state index in [4.69, 9.17) is 17.3 Å². The molecule has 0 spiro atoms. The van der Waals surface area contributed by atoms with Crippen molar-refractivity contribution in [2.24, 2.45) is 0 Å². The van der Waals surface area contributed by atoms with E-state index in [1.54, 1.807) is 18.2 Å². The van der Waals surface area contributed by atoms with Crippen LogP contribution in [-0.4, -0.2) is 25.8 Å². The second kappa shape index (κ2) is 5.34. The van der Waals surface area contributed by atoms with Crippen LogP contribution in [0.1, 0.15) is 19.3 Å². The van der Waals surface area contributed by atoms with E-state index in [0.29, 0.717) is 23.8 Å². The number of hydrogen-bond acceptors (Lipinski definition) is 3. The third kappa shape index (κ3) is 2.88. The molecule has 0 unspecified atom stereocenters. The summed E-state index contributed by atoms with van der Waals surface area (Å²) < 4.78 is 28.2. The van der Waals surface area contributed by atoms with Crippen LogP contribution in [0.2, 0.25) is 5.02 Å². The van der Waals surface area contributed by atoms with Crippen molar-refractivity contribution >= 4 is 33.2 Å². The van der Waals surface area contributed by atoms with Gasteiger partial charge in [0.25, 0.3) is 0 Å². The van der Waals surface area contributed by atoms with Crippen molar-refractivity contribution in [3.05, 3.63) is 23.2 Å². The molecule has 1 aromatic rings. The molecule has 0 aromatic heterocycles. The van der Waals surface area contributed by atoms with E-state index in [-0.39, 0.29) is 5.69 Å². The van der Waals surface area contributed by atoms with Crippen molar-refractivity contribution in [2.75, 3.05) is 23.5 Å². The Morgan fingerprint density at radius 3 is 2.50 bits per heavy atom. The molecular weight excluding hydrogens is 274 g/mol. The Hall–Kier alpha value is -0.980. The number of benzene rings is 1. The number of nitrogens with one attached hydrogen (secondary N) is 1. The lowest BCUT2D eigenvalue weighted by Crippen LogP contribution is -2.39. The van der Waals surface area contributed by atoms with Gasteiger partial charge in [0.1, 0.15) is 0 Å². The highest BCUT2D eigenvalue weighted by molar-refractivity contribution is 7.90. The van der Waals surface area contributed by atoms with Crippen molar-refractivity contribution in [3.8, 4) is 0 Å². The molecule has 1 aromatic carbocycles. The van der Waals surface area contributed by atoms with Gasteiger partial charge in [-0.25, -0.2) is 0 Å². The SMILES string of the molecule is Nc1cccc(Cl)c1NS(=O)(=O)N1CCCCC1. The molecule has 100 valence electrons. The summed E-state index contributed by atoms with van der Waals surface area (Å²) in [7, 11) is -3.56. The van der Waals surface area contributed by atoms with Crippen LogP contribution in [0.15, 0.2) is 18.2 Å². The normalized spacial score (nSPS) is 17.6. The fourth-order valence-electron chi connectivity index (χ4n) is 1.95. The summed E-state index contributed by atoms with van der Waals surface area (Å²) in [6.45, 7) is 1.08. The lowest BCUT2D eigenvalue weighted by atomic mass is 10.2. The highest BCUT2D eigenvalue weighted by Gasteiger charge is 2.25. The standard InChI is InChI=1S/C11H16ClN3O2S/c12-9-5-4-6-10(13)11(9)14-18(16,17)15-7-2-1-3-8-15/h4-6,14H,1-3,7-8,13H2. The Morgan fingerprint density at radius 2 is 1.89 bits per heavy atom. The molecule has 7 heteroatoms. The molecular formula is C11H16ClN3O2S. The molecule has 0 bridgehead atoms. The number of para-hydroxylation sites is 1. The number of anilines is 2. The molecule has 18 heavy (non-hydrogen) atoms. The van der Waals surface area contributed by atoms with Gasteiger partial charge in [0, 0.05) is 13.1 Å². The lowest BCUT2D eigenvalue weighted by Gasteiger charge is -2.26. The summed E-state index contributed by atoms with van der Waals surface area (Å²) in [6, 6.07) is 4.89. The largest absolute Gasteiger partial charge is 0.397 e. The maximum atomic E-state index is 12.2. The van der Waals surface area contributed by atoms with E-state index in [0.717, 1.165) is 19.3 Å². The number of halogens is 1. The molecule has 5 nitrogen and oxygen atoms in total. The first-order valence-electron chi connectivity index (χ1n) is 5.82. The zero-order chi connectivity index (χ0) is 13.2. The lowest BCUT2D eigenvalue weighted by molar-refractivity contribution is 0.349. The van der Waals surface area contributed by atoms with Gasteiger partial charge in [-0.3, -0.25) is 4.72 Å². The predicted octanol–water partition coefficient (Wildman–Crippen LogP) is 2.06. The molecule has 0 atom stereocenters. The molecule has 0 radical (unpaired) electrons. The van der Waals surface area contributed by atoms with Crippen LogP contribution in [0.5, 0.6) is 0 Å². The molecule has 3 N–H and O–H groups in total. The van der Waals surface area contributed by atoms with Crippen molar-refractivity contribution in [3.63, 3.8) is 0 Å². The smallest absolute Gasteiger partial charge is 0.301 e. The number of hydrogen-bond donors (Lipinski definition) is 2. The van der Waals surface area contributed by atoms with Crippen molar-refractivity contribution < 1.29 is 8.42 Å². The predicted molar refractivity (Wildman–Crippen MR) is 73.8 cm³/mol. The van der Waals surface area contributed by atoms with Gasteiger partial charge in [-0.1, -0.05) is 24.1 Å². The topological polar surface area (TPSA) is 75.4 Å². The Balaban J connectivity index is 2.22. The van der Waals surface area contributed by atoms with Crippen molar-refractivity contribution in [2.45, 2.75) is 19.3 Å². The van der Waals surface area contributed by atoms with E-state index >= 15 is 0 Å². The average Bonchev–Trinajstić information content (AvgIpc) is 2.35. The third-order valence-electron chi connectivity index (χ3n) is 2.93. The fourth-order valence-corrected chi connectivity index (χ4v) is 3.59. The number of nitrogen functional groups attached to an aromatic ring is 1. The minimum atomic E-state index is -3.56. The Bertz CT molecular complexity index is 507. The summed E-state index contributed by atoms with van der Waals surface area (Å²) in [6.07, 6.45) is 2.85. The Morgan fingerprint density at radius 1 is 1.22 bits per heavy atom. The van der Waals surface area contributed by atoms with Crippen molar-refractivity contribution in [1.82, 2.24) is 4.31 Å². The number of nitrogens with two attached hydrogens (primary N) is 1. The first kappa shape index (κ1) is 13.5. The maximum Gasteiger partial charge on any atom is 0.301 e. The van der Waals surface area contributed by atoms with Gasteiger partial charge >= 0.3 is 10.2 Å². The Labute approximate surface area is 112 Å². The van der Waals surface area contributed by atoms with E-state index < -0.39 is 10.2 Å². The highest BCUT2D eigenvalue weighted by Crippen LogP contribution is 2.29. The minimum Gasteiger partial charge on any atom is -0.397 e. The van der Waals surface area contributed by atoms with Gasteiger partial charge in [-0.2, -0.15) is 12.7 Å². The number of rotatable bonds is 3. The third-order valence-corrected chi connectivity index (χ3v) is 4.75. The number of piperidine rings is 1. The maximum absolute atomic E-state index is 12.2. The van der Waals surface area contributed by atoms with Gasteiger partial charge in [0.05, 0.1) is 16.4 Å². The molecule has 0 amide bonds. The van der Waals surface area contributed by atoms with Crippen LogP contribution >= 0.6 is 11.6 Å². The van der Waals surface area contributed by atoms with Gasteiger partial charge in [-0.15, -0.1) is 0 Å². The zero-order valence-corrected chi connectivity index (χ0v) is 11.5. The minimum absolute atomic E-state index is 0.254. The van der Waals surface area contributed by atoms with Crippen LogP contribution in [-0.2, 0) is 10.2 Å². The summed E-state index contributed by atoms with van der Waals surface area (Å²) in [4.78, 5) is 0. The van der Waals surface area contributed by atoms with E-state index in [9.17, 15) is 8.42 Å². The van der Waals surface area contributed by atoms with Crippen LogP contribution in [0.25, 0.3) is 0 Å². The van der Waals surface area contributed by atoms with Gasteiger partial charge in [0.2, 0.25) is 0 Å². The van der Waals surface area contributed by atoms with Gasteiger partial charge in [-0.05, 0) is 25.0 Å². The van der Waals surface area contributed by atoms with Gasteiger partial charge < -0.3 is 5.73 Å². The molecule has 1 fully saturated rings. The molecule has 2 rings (SSSR count). The second-order valence-electron chi connectivity index (χ2n) is 4.27. The number of nitrogens with zero attached hydrogens (tertiary/aromatic N) is 1. The fraction of sp³-hybridized carbons (Fsp3) is 0.455. The summed E-state index contributed by atoms with van der Waals surface area (Å²) in [5.41, 5.74) is 6.30. The monoisotopic (exact) mass is 289 g/mol. The summed E-state index contributed by atoms with van der Waals surface area (Å²) >= 11 is 5.95. The molecule has 0 saturated carbocycles. The molecule has 1 aliphatic heterocycles. The summed E-state index contributed by atoms with van der Waals surface area (Å²) in [5.74, 6) is 0. The molecule has 1 aliphatic rings.